The molecule has 1 amide bonds. The normalized spacial score (nSPS) is 11.1. The van der Waals surface area contributed by atoms with Gasteiger partial charge >= 0.3 is 0 Å². The van der Waals surface area contributed by atoms with Crippen molar-refractivity contribution in [1.29, 1.82) is 0 Å². The maximum Gasteiger partial charge on any atom is 0.263 e. The van der Waals surface area contributed by atoms with E-state index in [1.807, 2.05) is 77.6 Å². The van der Waals surface area contributed by atoms with Crippen LogP contribution in [-0.2, 0) is 6.54 Å². The Morgan fingerprint density at radius 1 is 1.06 bits per heavy atom. The Kier molecular flexibility index (Phi) is 5.09. The fraction of sp³-hybridized carbons (Fsp3) is 0.125. The molecule has 2 aromatic heterocycles. The standard InChI is InChI=1S/C24H20N4O2S/c1-30-21-16-18-8-3-2-7-17(18)15-19(21)23(29)28(14-13-27-12-6-11-25-27)24-26-20-9-4-5-10-22(20)31-24/h2-12,15-16H,13-14H2,1H3. The summed E-state index contributed by atoms with van der Waals surface area (Å²) in [6.45, 7) is 1.00. The van der Waals surface area contributed by atoms with Gasteiger partial charge < -0.3 is 4.74 Å². The molecule has 0 aliphatic carbocycles. The molecule has 0 aliphatic rings. The van der Waals surface area contributed by atoms with Gasteiger partial charge in [0.05, 0.1) is 29.4 Å². The highest BCUT2D eigenvalue weighted by molar-refractivity contribution is 7.22. The summed E-state index contributed by atoms with van der Waals surface area (Å²) in [5.74, 6) is 0.405. The quantitative estimate of drug-likeness (QED) is 0.382. The number of ether oxygens (including phenoxy) is 1. The minimum absolute atomic E-state index is 0.145. The first kappa shape index (κ1) is 19.3. The number of fused-ring (bicyclic) bond motifs is 2. The van der Waals surface area contributed by atoms with Gasteiger partial charge in [0.25, 0.3) is 5.91 Å². The number of carbonyl (C=O) groups excluding carboxylic acids is 1. The van der Waals surface area contributed by atoms with Gasteiger partial charge in [-0.2, -0.15) is 5.10 Å². The highest BCUT2D eigenvalue weighted by Crippen LogP contribution is 2.32. The molecule has 5 aromatic rings. The topological polar surface area (TPSA) is 60.2 Å². The number of hydrogen-bond acceptors (Lipinski definition) is 5. The third-order valence-corrected chi connectivity index (χ3v) is 6.23. The monoisotopic (exact) mass is 428 g/mol. The third-order valence-electron chi connectivity index (χ3n) is 5.17. The average molecular weight is 429 g/mol. The Balaban J connectivity index is 1.58. The van der Waals surface area contributed by atoms with Gasteiger partial charge in [0.2, 0.25) is 0 Å². The summed E-state index contributed by atoms with van der Waals surface area (Å²) >= 11 is 1.51. The molecule has 0 saturated carbocycles. The van der Waals surface area contributed by atoms with Crippen molar-refractivity contribution >= 4 is 43.4 Å². The van der Waals surface area contributed by atoms with E-state index in [1.165, 1.54) is 11.3 Å². The number of methoxy groups -OCH3 is 1. The smallest absolute Gasteiger partial charge is 0.263 e. The van der Waals surface area contributed by atoms with Crippen LogP contribution in [0.4, 0.5) is 5.13 Å². The number of aromatic nitrogens is 3. The lowest BCUT2D eigenvalue weighted by atomic mass is 10.0. The summed E-state index contributed by atoms with van der Waals surface area (Å²) in [4.78, 5) is 20.2. The number of para-hydroxylation sites is 1. The third kappa shape index (κ3) is 3.75. The maximum absolute atomic E-state index is 13.8. The largest absolute Gasteiger partial charge is 0.496 e. The number of amides is 1. The number of nitrogens with zero attached hydrogens (tertiary/aromatic N) is 4. The number of rotatable bonds is 6. The summed E-state index contributed by atoms with van der Waals surface area (Å²) in [7, 11) is 1.59. The van der Waals surface area contributed by atoms with Crippen molar-refractivity contribution in [2.24, 2.45) is 0 Å². The van der Waals surface area contributed by atoms with Gasteiger partial charge in [-0.05, 0) is 41.1 Å². The van der Waals surface area contributed by atoms with Crippen molar-refractivity contribution in [2.45, 2.75) is 6.54 Å². The molecule has 3 aromatic carbocycles. The van der Waals surface area contributed by atoms with Gasteiger partial charge in [0.1, 0.15) is 5.75 Å². The molecule has 7 heteroatoms. The van der Waals surface area contributed by atoms with Crippen LogP contribution in [-0.4, -0.2) is 34.3 Å². The molecular formula is C24H20N4O2S. The molecule has 5 rings (SSSR count). The van der Waals surface area contributed by atoms with E-state index in [1.54, 1.807) is 18.2 Å². The first-order valence-electron chi connectivity index (χ1n) is 9.94. The number of hydrogen-bond donors (Lipinski definition) is 0. The minimum atomic E-state index is -0.145. The lowest BCUT2D eigenvalue weighted by molar-refractivity contribution is 0.0983. The summed E-state index contributed by atoms with van der Waals surface area (Å²) in [6, 6.07) is 21.5. The lowest BCUT2D eigenvalue weighted by Gasteiger charge is -2.21. The van der Waals surface area contributed by atoms with E-state index in [0.717, 1.165) is 21.0 Å². The Bertz CT molecular complexity index is 1330. The zero-order valence-electron chi connectivity index (χ0n) is 16.9. The number of benzene rings is 3. The van der Waals surface area contributed by atoms with Crippen molar-refractivity contribution in [3.63, 3.8) is 0 Å². The highest BCUT2D eigenvalue weighted by atomic mass is 32.1. The van der Waals surface area contributed by atoms with Crippen LogP contribution in [0.5, 0.6) is 5.75 Å². The van der Waals surface area contributed by atoms with Gasteiger partial charge in [-0.3, -0.25) is 14.4 Å². The Labute approximate surface area is 183 Å². The molecule has 0 saturated heterocycles. The van der Waals surface area contributed by atoms with E-state index < -0.39 is 0 Å². The fourth-order valence-corrected chi connectivity index (χ4v) is 4.59. The predicted molar refractivity (Wildman–Crippen MR) is 124 cm³/mol. The molecule has 31 heavy (non-hydrogen) atoms. The molecule has 0 fully saturated rings. The lowest BCUT2D eigenvalue weighted by Crippen LogP contribution is -2.34. The van der Waals surface area contributed by atoms with Crippen LogP contribution in [0.3, 0.4) is 0 Å². The van der Waals surface area contributed by atoms with Gasteiger partial charge in [-0.25, -0.2) is 4.98 Å². The summed E-state index contributed by atoms with van der Waals surface area (Å²) < 4.78 is 8.44. The Morgan fingerprint density at radius 2 is 1.84 bits per heavy atom. The van der Waals surface area contributed by atoms with Gasteiger partial charge in [0.15, 0.2) is 5.13 Å². The van der Waals surface area contributed by atoms with Crippen LogP contribution in [0.1, 0.15) is 10.4 Å². The predicted octanol–water partition coefficient (Wildman–Crippen LogP) is 5.00. The van der Waals surface area contributed by atoms with E-state index >= 15 is 0 Å². The van der Waals surface area contributed by atoms with Crippen molar-refractivity contribution < 1.29 is 9.53 Å². The van der Waals surface area contributed by atoms with Crippen LogP contribution in [0.25, 0.3) is 21.0 Å². The molecule has 2 heterocycles. The van der Waals surface area contributed by atoms with Crippen molar-refractivity contribution in [3.05, 3.63) is 84.7 Å². The van der Waals surface area contributed by atoms with Crippen LogP contribution in [0.15, 0.2) is 79.1 Å². The van der Waals surface area contributed by atoms with Crippen LogP contribution in [0.2, 0.25) is 0 Å². The molecule has 0 aliphatic heterocycles. The molecule has 0 radical (unpaired) electrons. The molecule has 0 N–H and O–H groups in total. The van der Waals surface area contributed by atoms with Crippen LogP contribution in [0, 0.1) is 0 Å². The van der Waals surface area contributed by atoms with Gasteiger partial charge in [-0.15, -0.1) is 0 Å². The highest BCUT2D eigenvalue weighted by Gasteiger charge is 2.24. The summed E-state index contributed by atoms with van der Waals surface area (Å²) in [6.07, 6.45) is 3.62. The zero-order chi connectivity index (χ0) is 21.2. The number of thiazole rings is 1. The molecule has 154 valence electrons. The van der Waals surface area contributed by atoms with Crippen molar-refractivity contribution in [2.75, 3.05) is 18.6 Å². The first-order chi connectivity index (χ1) is 15.2. The molecule has 0 unspecified atom stereocenters. The second-order valence-corrected chi connectivity index (χ2v) is 8.10. The van der Waals surface area contributed by atoms with Gasteiger partial charge in [-0.1, -0.05) is 47.7 Å². The van der Waals surface area contributed by atoms with Crippen molar-refractivity contribution in [1.82, 2.24) is 14.8 Å². The van der Waals surface area contributed by atoms with E-state index in [4.69, 9.17) is 9.72 Å². The van der Waals surface area contributed by atoms with E-state index in [0.29, 0.717) is 29.5 Å². The molecule has 0 spiro atoms. The van der Waals surface area contributed by atoms with Gasteiger partial charge in [0, 0.05) is 18.9 Å². The fourth-order valence-electron chi connectivity index (χ4n) is 3.60. The van der Waals surface area contributed by atoms with E-state index in [9.17, 15) is 4.79 Å². The summed E-state index contributed by atoms with van der Waals surface area (Å²) in [5, 5.41) is 6.94. The minimum Gasteiger partial charge on any atom is -0.496 e. The molecule has 6 nitrogen and oxygen atoms in total. The Hall–Kier alpha value is -3.71. The summed E-state index contributed by atoms with van der Waals surface area (Å²) in [5.41, 5.74) is 1.39. The number of anilines is 1. The second kappa shape index (κ2) is 8.20. The van der Waals surface area contributed by atoms with Crippen LogP contribution >= 0.6 is 11.3 Å². The molecular weight excluding hydrogens is 408 g/mol. The second-order valence-electron chi connectivity index (χ2n) is 7.09. The molecule has 0 atom stereocenters. The first-order valence-corrected chi connectivity index (χ1v) is 10.8. The van der Waals surface area contributed by atoms with E-state index in [2.05, 4.69) is 5.10 Å². The zero-order valence-corrected chi connectivity index (χ0v) is 17.7. The Morgan fingerprint density at radius 3 is 2.58 bits per heavy atom. The maximum atomic E-state index is 13.8. The van der Waals surface area contributed by atoms with Crippen molar-refractivity contribution in [3.8, 4) is 5.75 Å². The van der Waals surface area contributed by atoms with Crippen LogP contribution < -0.4 is 9.64 Å². The average Bonchev–Trinajstić information content (AvgIpc) is 3.48. The SMILES string of the molecule is COc1cc2ccccc2cc1C(=O)N(CCn1cccn1)c1nc2ccccc2s1. The number of carbonyl (C=O) groups is 1. The van der Waals surface area contributed by atoms with E-state index in [-0.39, 0.29) is 5.91 Å². The molecule has 0 bridgehead atoms.